The van der Waals surface area contributed by atoms with E-state index < -0.39 is 0 Å². The molecule has 1 heterocycles. The summed E-state index contributed by atoms with van der Waals surface area (Å²) < 4.78 is 0. The quantitative estimate of drug-likeness (QED) is 0.567. The molecule has 2 nitrogen and oxygen atoms in total. The predicted octanol–water partition coefficient (Wildman–Crippen LogP) is 1.12. The molecular formula is C5H4ClN2. The van der Waals surface area contributed by atoms with Crippen molar-refractivity contribution in [1.29, 1.82) is 0 Å². The molecule has 1 radical (unpaired) electrons. The lowest BCUT2D eigenvalue weighted by Gasteiger charge is -1.87. The number of halogens is 1. The highest BCUT2D eigenvalue weighted by molar-refractivity contribution is 6.30. The van der Waals surface area contributed by atoms with Crippen molar-refractivity contribution in [3.05, 3.63) is 23.5 Å². The van der Waals surface area contributed by atoms with Crippen molar-refractivity contribution in [2.75, 3.05) is 5.73 Å². The van der Waals surface area contributed by atoms with Gasteiger partial charge in [0.15, 0.2) is 0 Å². The number of aromatic nitrogens is 1. The summed E-state index contributed by atoms with van der Waals surface area (Å²) in [6, 6.07) is 1.59. The van der Waals surface area contributed by atoms with Crippen molar-refractivity contribution in [2.45, 2.75) is 0 Å². The molecule has 0 saturated heterocycles. The summed E-state index contributed by atoms with van der Waals surface area (Å²) in [6.07, 6.45) is 4.00. The minimum atomic E-state index is 0.449. The minimum absolute atomic E-state index is 0.449. The Hall–Kier alpha value is -0.760. The van der Waals surface area contributed by atoms with Crippen LogP contribution in [0.1, 0.15) is 0 Å². The maximum Gasteiger partial charge on any atom is 0.109 e. The lowest BCUT2D eigenvalue weighted by molar-refractivity contribution is 1.32. The van der Waals surface area contributed by atoms with Crippen LogP contribution in [0.4, 0.5) is 5.69 Å². The van der Waals surface area contributed by atoms with E-state index in [4.69, 9.17) is 17.3 Å². The lowest BCUT2D eigenvalue weighted by atomic mass is 10.4. The van der Waals surface area contributed by atoms with Crippen molar-refractivity contribution in [3.63, 3.8) is 0 Å². The van der Waals surface area contributed by atoms with Gasteiger partial charge in [-0.1, -0.05) is 11.6 Å². The van der Waals surface area contributed by atoms with E-state index in [0.29, 0.717) is 10.7 Å². The zero-order chi connectivity index (χ0) is 5.98. The topological polar surface area (TPSA) is 38.9 Å². The Morgan fingerprint density at radius 2 is 2.50 bits per heavy atom. The van der Waals surface area contributed by atoms with Crippen LogP contribution in [-0.2, 0) is 0 Å². The fraction of sp³-hybridized carbons (Fsp3) is 0. The van der Waals surface area contributed by atoms with Gasteiger partial charge >= 0.3 is 0 Å². The van der Waals surface area contributed by atoms with Crippen molar-refractivity contribution in [2.24, 2.45) is 0 Å². The number of hydrogen-bond acceptors (Lipinski definition) is 2. The molecular weight excluding hydrogens is 124 g/mol. The maximum atomic E-state index is 5.45. The van der Waals surface area contributed by atoms with E-state index in [1.807, 2.05) is 0 Å². The molecule has 1 aromatic rings. The van der Waals surface area contributed by atoms with Crippen LogP contribution in [0.2, 0.25) is 5.02 Å². The third kappa shape index (κ3) is 1.10. The van der Waals surface area contributed by atoms with Gasteiger partial charge in [0.05, 0.1) is 16.9 Å². The maximum absolute atomic E-state index is 5.45. The first-order valence-corrected chi connectivity index (χ1v) is 2.45. The lowest BCUT2D eigenvalue weighted by Crippen LogP contribution is -1.84. The highest BCUT2D eigenvalue weighted by Crippen LogP contribution is 2.07. The van der Waals surface area contributed by atoms with Gasteiger partial charge in [-0.15, -0.1) is 0 Å². The third-order valence-electron chi connectivity index (χ3n) is 0.678. The SMILES string of the molecule is Nc1cn[c]c(Cl)c1. The molecule has 0 atom stereocenters. The Morgan fingerprint density at radius 3 is 2.88 bits per heavy atom. The van der Waals surface area contributed by atoms with Crippen molar-refractivity contribution in [1.82, 2.24) is 4.98 Å². The van der Waals surface area contributed by atoms with E-state index in [-0.39, 0.29) is 0 Å². The summed E-state index contributed by atoms with van der Waals surface area (Å²) in [5.41, 5.74) is 5.86. The Morgan fingerprint density at radius 1 is 1.75 bits per heavy atom. The Kier molecular flexibility index (Phi) is 1.35. The first-order chi connectivity index (χ1) is 3.79. The van der Waals surface area contributed by atoms with Gasteiger partial charge in [0.25, 0.3) is 0 Å². The second-order valence-electron chi connectivity index (χ2n) is 1.36. The normalized spacial score (nSPS) is 9.12. The number of rotatable bonds is 0. The van der Waals surface area contributed by atoms with Gasteiger partial charge in [0.1, 0.15) is 6.20 Å². The zero-order valence-electron chi connectivity index (χ0n) is 4.06. The van der Waals surface area contributed by atoms with E-state index in [2.05, 4.69) is 11.2 Å². The van der Waals surface area contributed by atoms with Crippen LogP contribution in [0.5, 0.6) is 0 Å². The summed E-state index contributed by atoms with van der Waals surface area (Å²) in [4.78, 5) is 3.60. The number of hydrogen-bond donors (Lipinski definition) is 1. The summed E-state index contributed by atoms with van der Waals surface area (Å²) in [6.45, 7) is 0. The molecule has 0 fully saturated rings. The molecule has 41 valence electrons. The van der Waals surface area contributed by atoms with E-state index in [9.17, 15) is 0 Å². The van der Waals surface area contributed by atoms with E-state index in [0.717, 1.165) is 0 Å². The van der Waals surface area contributed by atoms with Crippen molar-refractivity contribution in [3.8, 4) is 0 Å². The summed E-state index contributed by atoms with van der Waals surface area (Å²) in [5.74, 6) is 0. The fourth-order valence-electron chi connectivity index (χ4n) is 0.384. The Balaban J connectivity index is 3.08. The van der Waals surface area contributed by atoms with Crippen LogP contribution in [0.3, 0.4) is 0 Å². The Labute approximate surface area is 52.3 Å². The Bertz CT molecular complexity index is 170. The molecule has 0 saturated carbocycles. The molecule has 0 unspecified atom stereocenters. The summed E-state index contributed by atoms with van der Waals surface area (Å²) in [5, 5.41) is 0.449. The van der Waals surface area contributed by atoms with Crippen molar-refractivity contribution < 1.29 is 0 Å². The second kappa shape index (κ2) is 2.01. The van der Waals surface area contributed by atoms with Gasteiger partial charge < -0.3 is 5.73 Å². The molecule has 0 bridgehead atoms. The molecule has 2 N–H and O–H groups in total. The van der Waals surface area contributed by atoms with Gasteiger partial charge in [-0.25, -0.2) is 0 Å². The number of pyridine rings is 1. The second-order valence-corrected chi connectivity index (χ2v) is 1.77. The molecule has 0 spiro atoms. The largest absolute Gasteiger partial charge is 0.397 e. The standard InChI is InChI=1S/C5H4ClN2/c6-4-1-5(7)3-8-2-4/h1,3H,7H2. The van der Waals surface area contributed by atoms with E-state index in [1.54, 1.807) is 6.07 Å². The van der Waals surface area contributed by atoms with Crippen LogP contribution in [0.15, 0.2) is 12.3 Å². The average molecular weight is 128 g/mol. The van der Waals surface area contributed by atoms with Crippen LogP contribution in [-0.4, -0.2) is 4.98 Å². The zero-order valence-corrected chi connectivity index (χ0v) is 4.81. The molecule has 8 heavy (non-hydrogen) atoms. The molecule has 3 heteroatoms. The smallest absolute Gasteiger partial charge is 0.109 e. The van der Waals surface area contributed by atoms with E-state index >= 15 is 0 Å². The molecule has 0 aliphatic carbocycles. The molecule has 0 aliphatic rings. The molecule has 0 aliphatic heterocycles. The number of nitrogen functional groups attached to an aromatic ring is 1. The summed E-state index contributed by atoms with van der Waals surface area (Å²) >= 11 is 5.45. The minimum Gasteiger partial charge on any atom is -0.397 e. The number of nitrogens with two attached hydrogens (primary N) is 1. The van der Waals surface area contributed by atoms with Crippen LogP contribution in [0.25, 0.3) is 0 Å². The molecule has 0 amide bonds. The van der Waals surface area contributed by atoms with Gasteiger partial charge in [-0.05, 0) is 6.07 Å². The van der Waals surface area contributed by atoms with Gasteiger partial charge in [0, 0.05) is 0 Å². The first kappa shape index (κ1) is 5.38. The fourth-order valence-corrected chi connectivity index (χ4v) is 0.559. The summed E-state index contributed by atoms with van der Waals surface area (Å²) in [7, 11) is 0. The third-order valence-corrected chi connectivity index (χ3v) is 0.872. The highest BCUT2D eigenvalue weighted by Gasteiger charge is 1.85. The molecule has 1 aromatic heterocycles. The number of anilines is 1. The average Bonchev–Trinajstić information content (AvgIpc) is 1.64. The van der Waals surface area contributed by atoms with Crippen molar-refractivity contribution >= 4 is 17.3 Å². The molecule has 0 aromatic carbocycles. The van der Waals surface area contributed by atoms with Gasteiger partial charge in [-0.2, -0.15) is 0 Å². The van der Waals surface area contributed by atoms with Crippen LogP contribution in [0, 0.1) is 6.20 Å². The van der Waals surface area contributed by atoms with E-state index in [1.165, 1.54) is 6.20 Å². The monoisotopic (exact) mass is 127 g/mol. The molecule has 1 rings (SSSR count). The van der Waals surface area contributed by atoms with Gasteiger partial charge in [-0.3, -0.25) is 4.98 Å². The van der Waals surface area contributed by atoms with Gasteiger partial charge in [0.2, 0.25) is 0 Å². The first-order valence-electron chi connectivity index (χ1n) is 2.08. The van der Waals surface area contributed by atoms with Crippen LogP contribution < -0.4 is 5.73 Å². The van der Waals surface area contributed by atoms with Crippen LogP contribution >= 0.6 is 11.6 Å². The highest BCUT2D eigenvalue weighted by atomic mass is 35.5. The number of nitrogens with zero attached hydrogens (tertiary/aromatic N) is 1. The predicted molar refractivity (Wildman–Crippen MR) is 32.5 cm³/mol.